The number of amides is 2. The summed E-state index contributed by atoms with van der Waals surface area (Å²) in [4.78, 5) is 25.8. The van der Waals surface area contributed by atoms with Gasteiger partial charge in [0.05, 0.1) is 0 Å². The van der Waals surface area contributed by atoms with E-state index in [4.69, 9.17) is 4.42 Å². The molecule has 0 saturated carbocycles. The highest BCUT2D eigenvalue weighted by atomic mass is 16.4. The van der Waals surface area contributed by atoms with Crippen LogP contribution in [-0.4, -0.2) is 46.5 Å². The Bertz CT molecular complexity index is 1040. The van der Waals surface area contributed by atoms with Gasteiger partial charge in [0.1, 0.15) is 0 Å². The summed E-state index contributed by atoms with van der Waals surface area (Å²) in [6, 6.07) is 14.9. The van der Waals surface area contributed by atoms with E-state index < -0.39 is 0 Å². The molecule has 3 aromatic rings. The van der Waals surface area contributed by atoms with Gasteiger partial charge < -0.3 is 14.6 Å². The third-order valence-corrected chi connectivity index (χ3v) is 5.26. The topological polar surface area (TPSA) is 88.3 Å². The lowest BCUT2D eigenvalue weighted by atomic mass is 10.1. The fourth-order valence-corrected chi connectivity index (χ4v) is 3.54. The van der Waals surface area contributed by atoms with Crippen LogP contribution in [0.3, 0.4) is 0 Å². The SMILES string of the molecule is Cc1ccccc1-c1nnc(-c2ccc(C(=O)NCCCN3CCCC3=O)cc2)o1. The van der Waals surface area contributed by atoms with E-state index in [0.717, 1.165) is 36.1 Å². The summed E-state index contributed by atoms with van der Waals surface area (Å²) in [6.07, 6.45) is 2.33. The zero-order chi connectivity index (χ0) is 20.9. The van der Waals surface area contributed by atoms with Crippen molar-refractivity contribution in [3.05, 3.63) is 59.7 Å². The minimum atomic E-state index is -0.138. The molecule has 1 fully saturated rings. The van der Waals surface area contributed by atoms with Crippen molar-refractivity contribution in [1.29, 1.82) is 0 Å². The highest BCUT2D eigenvalue weighted by molar-refractivity contribution is 5.94. The van der Waals surface area contributed by atoms with Gasteiger partial charge in [0.25, 0.3) is 5.91 Å². The van der Waals surface area contributed by atoms with Gasteiger partial charge >= 0.3 is 0 Å². The Hall–Kier alpha value is -3.48. The van der Waals surface area contributed by atoms with Crippen molar-refractivity contribution in [2.45, 2.75) is 26.2 Å². The molecule has 30 heavy (non-hydrogen) atoms. The molecule has 154 valence electrons. The van der Waals surface area contributed by atoms with Crippen LogP contribution in [0.5, 0.6) is 0 Å². The van der Waals surface area contributed by atoms with E-state index in [-0.39, 0.29) is 11.8 Å². The van der Waals surface area contributed by atoms with Gasteiger partial charge in [-0.15, -0.1) is 10.2 Å². The highest BCUT2D eigenvalue weighted by Crippen LogP contribution is 2.26. The van der Waals surface area contributed by atoms with Crippen LogP contribution in [0, 0.1) is 6.92 Å². The minimum Gasteiger partial charge on any atom is -0.416 e. The van der Waals surface area contributed by atoms with Gasteiger partial charge in [-0.05, 0) is 55.7 Å². The number of carbonyl (C=O) groups excluding carboxylic acids is 2. The first-order valence-corrected chi connectivity index (χ1v) is 10.2. The van der Waals surface area contributed by atoms with E-state index in [1.807, 2.05) is 36.1 Å². The van der Waals surface area contributed by atoms with E-state index in [2.05, 4.69) is 15.5 Å². The van der Waals surface area contributed by atoms with E-state index in [9.17, 15) is 9.59 Å². The highest BCUT2D eigenvalue weighted by Gasteiger charge is 2.19. The normalized spacial score (nSPS) is 13.6. The zero-order valence-corrected chi connectivity index (χ0v) is 16.9. The zero-order valence-electron chi connectivity index (χ0n) is 16.9. The van der Waals surface area contributed by atoms with Crippen LogP contribution < -0.4 is 5.32 Å². The van der Waals surface area contributed by atoms with Crippen LogP contribution in [-0.2, 0) is 4.79 Å². The number of likely N-dealkylation sites (tertiary alicyclic amines) is 1. The third kappa shape index (κ3) is 4.40. The van der Waals surface area contributed by atoms with Crippen molar-refractivity contribution in [1.82, 2.24) is 20.4 Å². The number of aryl methyl sites for hydroxylation is 1. The van der Waals surface area contributed by atoms with Gasteiger partial charge in [0.15, 0.2) is 0 Å². The number of aromatic nitrogens is 2. The Balaban J connectivity index is 1.33. The monoisotopic (exact) mass is 404 g/mol. The molecule has 2 amide bonds. The van der Waals surface area contributed by atoms with E-state index in [1.54, 1.807) is 24.3 Å². The maximum absolute atomic E-state index is 12.3. The second-order valence-electron chi connectivity index (χ2n) is 7.40. The molecule has 0 radical (unpaired) electrons. The quantitative estimate of drug-likeness (QED) is 0.609. The Morgan fingerprint density at radius 1 is 1.10 bits per heavy atom. The fraction of sp³-hybridized carbons (Fsp3) is 0.304. The molecular weight excluding hydrogens is 380 g/mol. The van der Waals surface area contributed by atoms with E-state index in [0.29, 0.717) is 36.9 Å². The Morgan fingerprint density at radius 3 is 2.60 bits per heavy atom. The molecule has 2 heterocycles. The van der Waals surface area contributed by atoms with Crippen molar-refractivity contribution >= 4 is 11.8 Å². The molecule has 1 saturated heterocycles. The molecule has 1 aliphatic rings. The molecule has 1 aliphatic heterocycles. The summed E-state index contributed by atoms with van der Waals surface area (Å²) in [6.45, 7) is 4.05. The smallest absolute Gasteiger partial charge is 0.251 e. The first-order valence-electron chi connectivity index (χ1n) is 10.2. The maximum atomic E-state index is 12.3. The van der Waals surface area contributed by atoms with Gasteiger partial charge in [0, 0.05) is 42.7 Å². The standard InChI is InChI=1S/C23H24N4O3/c1-16-6-2-3-7-19(16)23-26-25-22(30-23)18-11-9-17(10-12-18)21(29)24-13-5-15-27-14-4-8-20(27)28/h2-3,6-7,9-12H,4-5,8,13-15H2,1H3,(H,24,29). The molecule has 0 bridgehead atoms. The number of rotatable bonds is 7. The molecule has 7 nitrogen and oxygen atoms in total. The van der Waals surface area contributed by atoms with Crippen LogP contribution in [0.2, 0.25) is 0 Å². The van der Waals surface area contributed by atoms with Crippen molar-refractivity contribution in [3.63, 3.8) is 0 Å². The number of hydrogen-bond acceptors (Lipinski definition) is 5. The van der Waals surface area contributed by atoms with Crippen molar-refractivity contribution in [2.24, 2.45) is 0 Å². The van der Waals surface area contributed by atoms with Crippen molar-refractivity contribution < 1.29 is 14.0 Å². The van der Waals surface area contributed by atoms with Gasteiger partial charge in [-0.25, -0.2) is 0 Å². The molecule has 0 aliphatic carbocycles. The summed E-state index contributed by atoms with van der Waals surface area (Å²) < 4.78 is 5.82. The van der Waals surface area contributed by atoms with Crippen LogP contribution in [0.25, 0.3) is 22.9 Å². The Morgan fingerprint density at radius 2 is 1.87 bits per heavy atom. The number of benzene rings is 2. The van der Waals surface area contributed by atoms with Crippen molar-refractivity contribution in [3.8, 4) is 22.9 Å². The predicted octanol–water partition coefficient (Wildman–Crippen LogP) is 3.45. The summed E-state index contributed by atoms with van der Waals surface area (Å²) in [5, 5.41) is 11.2. The molecule has 1 N–H and O–H groups in total. The first-order chi connectivity index (χ1) is 14.6. The molecule has 4 rings (SSSR count). The average Bonchev–Trinajstić information content (AvgIpc) is 3.41. The van der Waals surface area contributed by atoms with Gasteiger partial charge in [0.2, 0.25) is 17.7 Å². The van der Waals surface area contributed by atoms with Crippen LogP contribution in [0.15, 0.2) is 52.9 Å². The summed E-state index contributed by atoms with van der Waals surface area (Å²) in [5.74, 6) is 0.959. The minimum absolute atomic E-state index is 0.138. The summed E-state index contributed by atoms with van der Waals surface area (Å²) in [5.41, 5.74) is 3.29. The Kier molecular flexibility index (Phi) is 5.88. The summed E-state index contributed by atoms with van der Waals surface area (Å²) in [7, 11) is 0. The lowest BCUT2D eigenvalue weighted by molar-refractivity contribution is -0.127. The molecule has 2 aromatic carbocycles. The molecule has 0 unspecified atom stereocenters. The second kappa shape index (κ2) is 8.90. The fourth-order valence-electron chi connectivity index (χ4n) is 3.54. The molecule has 1 aromatic heterocycles. The van der Waals surface area contributed by atoms with Gasteiger partial charge in [-0.1, -0.05) is 18.2 Å². The molecule has 7 heteroatoms. The molecular formula is C23H24N4O3. The van der Waals surface area contributed by atoms with Gasteiger partial charge in [-0.2, -0.15) is 0 Å². The lowest BCUT2D eigenvalue weighted by Gasteiger charge is -2.15. The van der Waals surface area contributed by atoms with Gasteiger partial charge in [-0.3, -0.25) is 9.59 Å². The maximum Gasteiger partial charge on any atom is 0.251 e. The third-order valence-electron chi connectivity index (χ3n) is 5.26. The average molecular weight is 404 g/mol. The lowest BCUT2D eigenvalue weighted by Crippen LogP contribution is -2.30. The van der Waals surface area contributed by atoms with Crippen LogP contribution in [0.1, 0.15) is 35.2 Å². The molecule has 0 spiro atoms. The summed E-state index contributed by atoms with van der Waals surface area (Å²) >= 11 is 0. The number of carbonyl (C=O) groups is 2. The molecule has 0 atom stereocenters. The number of nitrogens with zero attached hydrogens (tertiary/aromatic N) is 3. The predicted molar refractivity (Wildman–Crippen MR) is 113 cm³/mol. The largest absolute Gasteiger partial charge is 0.416 e. The first kappa shape index (κ1) is 19.8. The number of nitrogens with one attached hydrogen (secondary N) is 1. The van der Waals surface area contributed by atoms with E-state index >= 15 is 0 Å². The number of hydrogen-bond donors (Lipinski definition) is 1. The second-order valence-corrected chi connectivity index (χ2v) is 7.40. The van der Waals surface area contributed by atoms with Crippen LogP contribution in [0.4, 0.5) is 0 Å². The van der Waals surface area contributed by atoms with Crippen molar-refractivity contribution in [2.75, 3.05) is 19.6 Å². The van der Waals surface area contributed by atoms with Crippen LogP contribution >= 0.6 is 0 Å². The van der Waals surface area contributed by atoms with E-state index in [1.165, 1.54) is 0 Å². The Labute approximate surface area is 175 Å².